The highest BCUT2D eigenvalue weighted by atomic mass is 16.2. The summed E-state index contributed by atoms with van der Waals surface area (Å²) in [5, 5.41) is 0. The van der Waals surface area contributed by atoms with E-state index in [2.05, 4.69) is 12.1 Å². The Hall–Kier alpha value is -2.13. The van der Waals surface area contributed by atoms with Gasteiger partial charge in [0.15, 0.2) is 0 Å². The van der Waals surface area contributed by atoms with E-state index in [-0.39, 0.29) is 11.8 Å². The summed E-state index contributed by atoms with van der Waals surface area (Å²) in [5.74, 6) is 0.695. The van der Waals surface area contributed by atoms with Crippen LogP contribution in [0.4, 0.5) is 5.69 Å². The van der Waals surface area contributed by atoms with Crippen molar-refractivity contribution >= 4 is 11.6 Å². The van der Waals surface area contributed by atoms with E-state index in [1.54, 1.807) is 4.90 Å². The van der Waals surface area contributed by atoms with Crippen molar-refractivity contribution in [2.24, 2.45) is 11.7 Å². The minimum absolute atomic E-state index is 0.117. The lowest BCUT2D eigenvalue weighted by atomic mass is 10.1. The van der Waals surface area contributed by atoms with E-state index >= 15 is 0 Å². The van der Waals surface area contributed by atoms with Crippen molar-refractivity contribution in [3.05, 3.63) is 65.7 Å². The zero-order valence-corrected chi connectivity index (χ0v) is 12.2. The molecule has 0 bridgehead atoms. The van der Waals surface area contributed by atoms with Crippen LogP contribution in [0.5, 0.6) is 0 Å². The van der Waals surface area contributed by atoms with Gasteiger partial charge in [0.25, 0.3) is 0 Å². The normalized spacial score (nSPS) is 20.1. The summed E-state index contributed by atoms with van der Waals surface area (Å²) in [7, 11) is 1.85. The Balaban J connectivity index is 1.68. The highest BCUT2D eigenvalue weighted by Gasteiger charge is 2.45. The van der Waals surface area contributed by atoms with Gasteiger partial charge in [-0.15, -0.1) is 0 Å². The number of benzene rings is 2. The maximum absolute atomic E-state index is 12.5. The molecule has 21 heavy (non-hydrogen) atoms. The standard InChI is InChI=1S/C18H20N2O/c1-20(15-9-7-13(12-19)8-10-15)18(21)17-11-16(17)14-5-3-2-4-6-14/h2-10,16-17H,11-12,19H2,1H3. The second kappa shape index (κ2) is 5.70. The zero-order valence-electron chi connectivity index (χ0n) is 12.2. The smallest absolute Gasteiger partial charge is 0.230 e. The van der Waals surface area contributed by atoms with E-state index in [4.69, 9.17) is 5.73 Å². The van der Waals surface area contributed by atoms with Crippen LogP contribution in [0.1, 0.15) is 23.5 Å². The van der Waals surface area contributed by atoms with Crippen LogP contribution in [0.15, 0.2) is 54.6 Å². The van der Waals surface area contributed by atoms with Crippen LogP contribution in [0.25, 0.3) is 0 Å². The number of hydrogen-bond acceptors (Lipinski definition) is 2. The highest BCUT2D eigenvalue weighted by molar-refractivity contribution is 5.97. The molecule has 1 amide bonds. The van der Waals surface area contributed by atoms with Crippen molar-refractivity contribution in [2.45, 2.75) is 18.9 Å². The molecule has 3 heteroatoms. The number of anilines is 1. The third-order valence-electron chi connectivity index (χ3n) is 4.23. The van der Waals surface area contributed by atoms with Gasteiger partial charge in [-0.25, -0.2) is 0 Å². The van der Waals surface area contributed by atoms with E-state index in [0.717, 1.165) is 17.7 Å². The van der Waals surface area contributed by atoms with E-state index < -0.39 is 0 Å². The quantitative estimate of drug-likeness (QED) is 0.936. The van der Waals surface area contributed by atoms with Gasteiger partial charge in [-0.1, -0.05) is 42.5 Å². The molecule has 2 aromatic carbocycles. The Morgan fingerprint density at radius 1 is 1.14 bits per heavy atom. The fourth-order valence-corrected chi connectivity index (χ4v) is 2.77. The molecule has 2 atom stereocenters. The van der Waals surface area contributed by atoms with Gasteiger partial charge in [0, 0.05) is 25.2 Å². The van der Waals surface area contributed by atoms with Crippen LogP contribution in [-0.4, -0.2) is 13.0 Å². The monoisotopic (exact) mass is 280 g/mol. The number of nitrogens with zero attached hydrogens (tertiary/aromatic N) is 1. The van der Waals surface area contributed by atoms with E-state index in [0.29, 0.717) is 12.5 Å². The second-order valence-electron chi connectivity index (χ2n) is 5.63. The van der Waals surface area contributed by atoms with Crippen LogP contribution in [-0.2, 0) is 11.3 Å². The average molecular weight is 280 g/mol. The number of hydrogen-bond donors (Lipinski definition) is 1. The molecule has 0 aromatic heterocycles. The maximum atomic E-state index is 12.5. The first-order valence-electron chi connectivity index (χ1n) is 7.32. The number of carbonyl (C=O) groups is 1. The largest absolute Gasteiger partial charge is 0.326 e. The minimum atomic E-state index is 0.117. The molecule has 1 aliphatic carbocycles. The van der Waals surface area contributed by atoms with Crippen molar-refractivity contribution in [1.29, 1.82) is 0 Å². The van der Waals surface area contributed by atoms with Crippen LogP contribution >= 0.6 is 0 Å². The van der Waals surface area contributed by atoms with Crippen molar-refractivity contribution < 1.29 is 4.79 Å². The van der Waals surface area contributed by atoms with Gasteiger partial charge in [0.05, 0.1) is 0 Å². The third-order valence-corrected chi connectivity index (χ3v) is 4.23. The maximum Gasteiger partial charge on any atom is 0.230 e. The predicted molar refractivity (Wildman–Crippen MR) is 85.0 cm³/mol. The lowest BCUT2D eigenvalue weighted by Gasteiger charge is -2.18. The van der Waals surface area contributed by atoms with Crippen molar-refractivity contribution in [2.75, 3.05) is 11.9 Å². The molecule has 0 spiro atoms. The summed E-state index contributed by atoms with van der Waals surface area (Å²) in [4.78, 5) is 14.3. The molecular weight excluding hydrogens is 260 g/mol. The summed E-state index contributed by atoms with van der Waals surface area (Å²) in [6.45, 7) is 0.524. The van der Waals surface area contributed by atoms with Gasteiger partial charge in [0.1, 0.15) is 0 Å². The van der Waals surface area contributed by atoms with E-state index in [1.807, 2.05) is 49.5 Å². The summed E-state index contributed by atoms with van der Waals surface area (Å²) in [6.07, 6.45) is 0.952. The Morgan fingerprint density at radius 3 is 2.43 bits per heavy atom. The fraction of sp³-hybridized carbons (Fsp3) is 0.278. The van der Waals surface area contributed by atoms with Gasteiger partial charge in [-0.3, -0.25) is 4.79 Å². The molecule has 1 saturated carbocycles. The van der Waals surface area contributed by atoms with E-state index in [1.165, 1.54) is 5.56 Å². The molecule has 0 radical (unpaired) electrons. The molecule has 2 aromatic rings. The van der Waals surface area contributed by atoms with Crippen LogP contribution in [0, 0.1) is 5.92 Å². The summed E-state index contributed by atoms with van der Waals surface area (Å²) < 4.78 is 0. The summed E-state index contributed by atoms with van der Waals surface area (Å²) >= 11 is 0. The molecule has 1 aliphatic rings. The Kier molecular flexibility index (Phi) is 3.76. The van der Waals surface area contributed by atoms with Crippen molar-refractivity contribution in [3.63, 3.8) is 0 Å². The second-order valence-corrected chi connectivity index (χ2v) is 5.63. The lowest BCUT2D eigenvalue weighted by molar-refractivity contribution is -0.119. The first kappa shape index (κ1) is 13.8. The number of carbonyl (C=O) groups excluding carboxylic acids is 1. The third kappa shape index (κ3) is 2.83. The van der Waals surface area contributed by atoms with Gasteiger partial charge < -0.3 is 10.6 Å². The predicted octanol–water partition coefficient (Wildman–Crippen LogP) is 2.91. The highest BCUT2D eigenvalue weighted by Crippen LogP contribution is 2.48. The summed E-state index contributed by atoms with van der Waals surface area (Å²) in [5.41, 5.74) is 8.87. The van der Waals surface area contributed by atoms with Gasteiger partial charge in [-0.2, -0.15) is 0 Å². The SMILES string of the molecule is CN(C(=O)C1CC1c1ccccc1)c1ccc(CN)cc1. The number of nitrogens with two attached hydrogens (primary N) is 1. The zero-order chi connectivity index (χ0) is 14.8. The molecule has 2 N–H and O–H groups in total. The Bertz CT molecular complexity index is 621. The average Bonchev–Trinajstić information content (AvgIpc) is 3.35. The van der Waals surface area contributed by atoms with Gasteiger partial charge in [0.2, 0.25) is 5.91 Å². The van der Waals surface area contributed by atoms with Crippen LogP contribution in [0.2, 0.25) is 0 Å². The van der Waals surface area contributed by atoms with Crippen molar-refractivity contribution in [3.8, 4) is 0 Å². The lowest BCUT2D eigenvalue weighted by Crippen LogP contribution is -2.28. The summed E-state index contributed by atoms with van der Waals surface area (Å²) in [6, 6.07) is 18.1. The molecule has 1 fully saturated rings. The molecule has 0 saturated heterocycles. The first-order valence-corrected chi connectivity index (χ1v) is 7.32. The Labute approximate surface area is 125 Å². The van der Waals surface area contributed by atoms with Crippen LogP contribution < -0.4 is 10.6 Å². The molecule has 3 nitrogen and oxygen atoms in total. The van der Waals surface area contributed by atoms with Crippen molar-refractivity contribution in [1.82, 2.24) is 0 Å². The molecule has 0 aliphatic heterocycles. The number of amides is 1. The first-order chi connectivity index (χ1) is 10.2. The molecule has 108 valence electrons. The Morgan fingerprint density at radius 2 is 1.81 bits per heavy atom. The molecule has 0 heterocycles. The molecule has 2 unspecified atom stereocenters. The fourth-order valence-electron chi connectivity index (χ4n) is 2.77. The van der Waals surface area contributed by atoms with Gasteiger partial charge >= 0.3 is 0 Å². The number of rotatable bonds is 4. The topological polar surface area (TPSA) is 46.3 Å². The van der Waals surface area contributed by atoms with Crippen LogP contribution in [0.3, 0.4) is 0 Å². The molecule has 3 rings (SSSR count). The van der Waals surface area contributed by atoms with Gasteiger partial charge in [-0.05, 0) is 35.6 Å². The van der Waals surface area contributed by atoms with E-state index in [9.17, 15) is 4.79 Å². The minimum Gasteiger partial charge on any atom is -0.326 e. The molecular formula is C18H20N2O.